The van der Waals surface area contributed by atoms with Crippen molar-refractivity contribution < 1.29 is 28.9 Å². The van der Waals surface area contributed by atoms with E-state index in [4.69, 9.17) is 19.7 Å². The van der Waals surface area contributed by atoms with Gasteiger partial charge in [0.1, 0.15) is 18.2 Å². The molecule has 8 nitrogen and oxygen atoms in total. The number of nitrogens with one attached hydrogen (secondary N) is 1. The van der Waals surface area contributed by atoms with Gasteiger partial charge < -0.3 is 24.8 Å². The monoisotopic (exact) mass is 285 g/mol. The lowest BCUT2D eigenvalue weighted by Crippen LogP contribution is -2.62. The van der Waals surface area contributed by atoms with Crippen molar-refractivity contribution in [2.24, 2.45) is 0 Å². The Labute approximate surface area is 116 Å². The number of hydrogen-bond donors (Lipinski definition) is 2. The predicted octanol–water partition coefficient (Wildman–Crippen LogP) is -0.927. The average Bonchev–Trinajstić information content (AvgIpc) is 2.70. The summed E-state index contributed by atoms with van der Waals surface area (Å²) in [5.74, 6) is -1.61. The zero-order valence-corrected chi connectivity index (χ0v) is 11.7. The van der Waals surface area contributed by atoms with E-state index in [1.54, 1.807) is 20.8 Å². The summed E-state index contributed by atoms with van der Waals surface area (Å²) in [4.78, 5) is 14.8. The highest BCUT2D eigenvalue weighted by Gasteiger charge is 2.55. The summed E-state index contributed by atoms with van der Waals surface area (Å²) < 4.78 is 16.2. The maximum Gasteiger partial charge on any atom is 0.418 e. The minimum atomic E-state index is -0.879. The van der Waals surface area contributed by atoms with Crippen LogP contribution < -0.4 is 5.32 Å². The molecule has 2 rings (SSSR count). The number of carbonyl (C=O) groups is 1. The summed E-state index contributed by atoms with van der Waals surface area (Å²) >= 11 is 0. The Hall–Kier alpha value is -1.31. The SMILES string of the molecule is CCOC(=O)C(=[N+]=[N-])[C@@H]1NC[C@@H](O)[C@H]2OC(C)(C)O[C@H]21. The molecule has 0 aromatic carbocycles. The molecule has 0 radical (unpaired) electrons. The molecular formula is C12H19N3O5. The van der Waals surface area contributed by atoms with Gasteiger partial charge in [-0.2, -0.15) is 4.79 Å². The number of piperidine rings is 1. The smallest absolute Gasteiger partial charge is 0.418 e. The highest BCUT2D eigenvalue weighted by Crippen LogP contribution is 2.33. The van der Waals surface area contributed by atoms with Crippen molar-refractivity contribution in [3.63, 3.8) is 0 Å². The van der Waals surface area contributed by atoms with Crippen LogP contribution in [-0.2, 0) is 19.0 Å². The Bertz CT molecular complexity index is 446. The molecule has 0 unspecified atom stereocenters. The Kier molecular flexibility index (Phi) is 4.22. The second-order valence-corrected chi connectivity index (χ2v) is 5.22. The summed E-state index contributed by atoms with van der Waals surface area (Å²) in [6.07, 6.45) is -1.99. The van der Waals surface area contributed by atoms with Crippen LogP contribution in [0.3, 0.4) is 0 Å². The second-order valence-electron chi connectivity index (χ2n) is 5.22. The number of carbonyl (C=O) groups excluding carboxylic acids is 1. The molecule has 0 saturated carbocycles. The van der Waals surface area contributed by atoms with Crippen molar-refractivity contribution in [2.45, 2.75) is 50.9 Å². The molecular weight excluding hydrogens is 266 g/mol. The highest BCUT2D eigenvalue weighted by molar-refractivity contribution is 6.36. The quantitative estimate of drug-likeness (QED) is 0.300. The molecule has 0 aromatic rings. The van der Waals surface area contributed by atoms with Crippen molar-refractivity contribution in [3.05, 3.63) is 5.53 Å². The standard InChI is InChI=1S/C12H19N3O5/c1-4-18-11(17)8(15-13)7-10-9(6(16)5-14-7)19-12(2,3)20-10/h6-7,9-10,14,16H,4-5H2,1-3H3/t6-,7+,9-,10+/m1/s1. The summed E-state index contributed by atoms with van der Waals surface area (Å²) in [5.41, 5.74) is 8.89. The van der Waals surface area contributed by atoms with E-state index in [0.717, 1.165) is 0 Å². The van der Waals surface area contributed by atoms with Crippen LogP contribution in [0, 0.1) is 0 Å². The maximum absolute atomic E-state index is 11.8. The maximum atomic E-state index is 11.8. The van der Waals surface area contributed by atoms with E-state index in [-0.39, 0.29) is 18.9 Å². The first-order chi connectivity index (χ1) is 9.39. The lowest BCUT2D eigenvalue weighted by atomic mass is 9.93. The molecule has 2 heterocycles. The van der Waals surface area contributed by atoms with Gasteiger partial charge in [0.25, 0.3) is 0 Å². The largest absolute Gasteiger partial charge is 0.457 e. The van der Waals surface area contributed by atoms with Crippen molar-refractivity contribution in [1.82, 2.24) is 5.32 Å². The summed E-state index contributed by atoms with van der Waals surface area (Å²) in [7, 11) is 0. The van der Waals surface area contributed by atoms with Crippen molar-refractivity contribution >= 4 is 11.7 Å². The van der Waals surface area contributed by atoms with Crippen LogP contribution >= 0.6 is 0 Å². The summed E-state index contributed by atoms with van der Waals surface area (Å²) in [5, 5.41) is 12.9. The zero-order valence-electron chi connectivity index (χ0n) is 11.7. The van der Waals surface area contributed by atoms with Gasteiger partial charge in [-0.25, -0.2) is 4.79 Å². The molecule has 2 N–H and O–H groups in total. The fourth-order valence-corrected chi connectivity index (χ4v) is 2.54. The second kappa shape index (κ2) is 5.59. The van der Waals surface area contributed by atoms with Gasteiger partial charge in [-0.15, -0.1) is 0 Å². The molecule has 112 valence electrons. The molecule has 0 aliphatic carbocycles. The van der Waals surface area contributed by atoms with Crippen LogP contribution in [0.25, 0.3) is 5.53 Å². The Morgan fingerprint density at radius 2 is 2.15 bits per heavy atom. The number of ether oxygens (including phenoxy) is 3. The van der Waals surface area contributed by atoms with Crippen molar-refractivity contribution in [3.8, 4) is 0 Å². The predicted molar refractivity (Wildman–Crippen MR) is 66.9 cm³/mol. The van der Waals surface area contributed by atoms with Crippen LogP contribution in [0.15, 0.2) is 0 Å². The van der Waals surface area contributed by atoms with Gasteiger partial charge in [-0.3, -0.25) is 5.32 Å². The number of nitrogens with zero attached hydrogens (tertiary/aromatic N) is 2. The Morgan fingerprint density at radius 1 is 1.50 bits per heavy atom. The van der Waals surface area contributed by atoms with Crippen LogP contribution in [0.4, 0.5) is 0 Å². The summed E-state index contributed by atoms with van der Waals surface area (Å²) in [6, 6.07) is -0.700. The van der Waals surface area contributed by atoms with Crippen molar-refractivity contribution in [2.75, 3.05) is 13.2 Å². The topological polar surface area (TPSA) is 113 Å². The van der Waals surface area contributed by atoms with E-state index >= 15 is 0 Å². The van der Waals surface area contributed by atoms with E-state index < -0.39 is 36.1 Å². The normalized spacial score (nSPS) is 35.0. The number of hydrogen-bond acceptors (Lipinski definition) is 6. The van der Waals surface area contributed by atoms with Crippen LogP contribution in [0.5, 0.6) is 0 Å². The van der Waals surface area contributed by atoms with Crippen molar-refractivity contribution in [1.29, 1.82) is 0 Å². The van der Waals surface area contributed by atoms with Gasteiger partial charge in [0, 0.05) is 6.54 Å². The molecule has 0 spiro atoms. The van der Waals surface area contributed by atoms with Gasteiger partial charge in [0.15, 0.2) is 5.79 Å². The molecule has 2 aliphatic heterocycles. The van der Waals surface area contributed by atoms with Crippen LogP contribution in [-0.4, -0.2) is 64.9 Å². The van der Waals surface area contributed by atoms with Gasteiger partial charge in [0.05, 0.1) is 12.7 Å². The molecule has 20 heavy (non-hydrogen) atoms. The van der Waals surface area contributed by atoms with E-state index in [0.29, 0.717) is 0 Å². The van der Waals surface area contributed by atoms with Gasteiger partial charge >= 0.3 is 11.7 Å². The number of esters is 1. The third kappa shape index (κ3) is 2.74. The minimum Gasteiger partial charge on any atom is -0.457 e. The first-order valence-electron chi connectivity index (χ1n) is 6.55. The fraction of sp³-hybridized carbons (Fsp3) is 0.833. The number of β-amino-alcohol motifs (C(OH)–C–C–N with tert-alkyl or cyclic N) is 1. The molecule has 0 bridgehead atoms. The van der Waals surface area contributed by atoms with Gasteiger partial charge in [0.2, 0.25) is 0 Å². The van der Waals surface area contributed by atoms with Gasteiger partial charge in [-0.05, 0) is 20.8 Å². The molecule has 4 atom stereocenters. The third-order valence-corrected chi connectivity index (χ3v) is 3.31. The molecule has 0 amide bonds. The lowest BCUT2D eigenvalue weighted by Gasteiger charge is -2.32. The Balaban J connectivity index is 2.24. The molecule has 2 aliphatic rings. The van der Waals surface area contributed by atoms with E-state index in [2.05, 4.69) is 10.1 Å². The highest BCUT2D eigenvalue weighted by atomic mass is 16.8. The van der Waals surface area contributed by atoms with E-state index in [9.17, 15) is 9.90 Å². The van der Waals surface area contributed by atoms with Gasteiger partial charge in [-0.1, -0.05) is 0 Å². The molecule has 2 fully saturated rings. The minimum absolute atomic E-state index is 0.171. The fourth-order valence-electron chi connectivity index (χ4n) is 2.54. The third-order valence-electron chi connectivity index (χ3n) is 3.31. The van der Waals surface area contributed by atoms with E-state index in [1.807, 2.05) is 0 Å². The van der Waals surface area contributed by atoms with Crippen LogP contribution in [0.1, 0.15) is 20.8 Å². The number of fused-ring (bicyclic) bond motifs is 1. The average molecular weight is 285 g/mol. The first-order valence-corrected chi connectivity index (χ1v) is 6.55. The molecule has 8 heteroatoms. The number of aliphatic hydroxyl groups excluding tert-OH is 1. The Morgan fingerprint density at radius 3 is 2.75 bits per heavy atom. The molecule has 2 saturated heterocycles. The number of aliphatic hydroxyl groups is 1. The first kappa shape index (κ1) is 15.1. The zero-order chi connectivity index (χ0) is 14.9. The number of rotatable bonds is 3. The van der Waals surface area contributed by atoms with Crippen LogP contribution in [0.2, 0.25) is 0 Å². The molecule has 0 aromatic heterocycles. The van der Waals surface area contributed by atoms with E-state index in [1.165, 1.54) is 0 Å². The lowest BCUT2D eigenvalue weighted by molar-refractivity contribution is -0.153. The summed E-state index contributed by atoms with van der Waals surface area (Å²) in [6.45, 7) is 5.46.